The van der Waals surface area contributed by atoms with Crippen molar-refractivity contribution in [3.05, 3.63) is 33.9 Å². The van der Waals surface area contributed by atoms with E-state index in [0.29, 0.717) is 18.6 Å². The molecule has 2 aromatic rings. The van der Waals surface area contributed by atoms with Crippen molar-refractivity contribution in [1.29, 1.82) is 0 Å². The fraction of sp³-hybridized carbons (Fsp3) is 0.478. The zero-order valence-corrected chi connectivity index (χ0v) is 20.1. The molecular weight excluding hydrogens is 499 g/mol. The second-order valence-electron chi connectivity index (χ2n) is 8.49. The third-order valence-corrected chi connectivity index (χ3v) is 6.02. The van der Waals surface area contributed by atoms with Crippen molar-refractivity contribution >= 4 is 34.1 Å². The summed E-state index contributed by atoms with van der Waals surface area (Å²) in [7, 11) is 0. The molecule has 1 unspecified atom stereocenters. The van der Waals surface area contributed by atoms with Gasteiger partial charge in [-0.25, -0.2) is 9.18 Å². The molecule has 1 aliphatic carbocycles. The molecule has 2 fully saturated rings. The minimum absolute atomic E-state index is 0.0290. The van der Waals surface area contributed by atoms with E-state index in [4.69, 9.17) is 20.1 Å². The number of hydrogen-bond donors (Lipinski definition) is 2. The number of hydrogen-bond acceptors (Lipinski definition) is 8. The van der Waals surface area contributed by atoms with Gasteiger partial charge in [-0.05, 0) is 32.8 Å². The van der Waals surface area contributed by atoms with Gasteiger partial charge in [0.05, 0.1) is 29.1 Å². The first-order valence-electron chi connectivity index (χ1n) is 11.7. The minimum Gasteiger partial charge on any atom is -0.477 e. The number of fused-ring (bicyclic) bond motifs is 1. The maximum atomic E-state index is 15.6. The highest BCUT2D eigenvalue weighted by molar-refractivity contribution is 6.10. The van der Waals surface area contributed by atoms with Crippen molar-refractivity contribution in [1.82, 2.24) is 4.57 Å². The fourth-order valence-electron chi connectivity index (χ4n) is 4.30. The fourth-order valence-corrected chi connectivity index (χ4v) is 4.30. The Morgan fingerprint density at radius 1 is 1.27 bits per heavy atom. The number of aromatic nitrogens is 1. The van der Waals surface area contributed by atoms with E-state index >= 15 is 4.39 Å². The van der Waals surface area contributed by atoms with Gasteiger partial charge < -0.3 is 34.7 Å². The van der Waals surface area contributed by atoms with Crippen LogP contribution in [-0.2, 0) is 9.68 Å². The van der Waals surface area contributed by atoms with E-state index < -0.39 is 41.1 Å². The molecule has 2 heterocycles. The van der Waals surface area contributed by atoms with Crippen molar-refractivity contribution in [2.45, 2.75) is 39.3 Å². The summed E-state index contributed by atoms with van der Waals surface area (Å²) in [5.74, 6) is -3.80. The molecule has 0 spiro atoms. The van der Waals surface area contributed by atoms with E-state index in [1.165, 1.54) is 9.47 Å². The molecule has 0 radical (unpaired) electrons. The van der Waals surface area contributed by atoms with Crippen LogP contribution < -0.4 is 20.8 Å². The number of pyridine rings is 1. The molecule has 1 aliphatic heterocycles. The first-order chi connectivity index (χ1) is 17.7. The number of carbonyl (C=O) groups is 1. The number of carboxylic acid groups (broad SMARTS) is 1. The Morgan fingerprint density at radius 2 is 1.97 bits per heavy atom. The van der Waals surface area contributed by atoms with Gasteiger partial charge in [0, 0.05) is 18.8 Å². The van der Waals surface area contributed by atoms with Crippen LogP contribution in [-0.4, -0.2) is 60.1 Å². The van der Waals surface area contributed by atoms with Gasteiger partial charge in [0.1, 0.15) is 30.3 Å². The molecule has 4 rings (SSSR count). The van der Waals surface area contributed by atoms with Gasteiger partial charge in [-0.3, -0.25) is 4.79 Å². The standard InChI is InChI=1S/C23H26F3N5O6/c1-3-35-28-16-10-30(8-13(16)21(27)29-36-4-2)18-15(24)7-12-17(20(18)37-23(25)26)31(11-5-6-11)9-14(19(12)32)22(33)34/h7,9,11,13,23H,3-6,8,10H2,1-2H3,(H2,27,29)(H,33,34)/b28-16+. The smallest absolute Gasteiger partial charge is 0.387 e. The predicted octanol–water partition coefficient (Wildman–Crippen LogP) is 2.91. The number of anilines is 1. The molecule has 1 saturated carbocycles. The average Bonchev–Trinajstić information content (AvgIpc) is 3.60. The summed E-state index contributed by atoms with van der Waals surface area (Å²) in [6.07, 6.45) is 2.34. The topological polar surface area (TPSA) is 141 Å². The zero-order chi connectivity index (χ0) is 26.9. The Labute approximate surface area is 208 Å². The van der Waals surface area contributed by atoms with E-state index in [1.54, 1.807) is 13.8 Å². The van der Waals surface area contributed by atoms with Crippen molar-refractivity contribution in [2.24, 2.45) is 22.0 Å². The van der Waals surface area contributed by atoms with Crippen LogP contribution in [0.15, 0.2) is 27.4 Å². The van der Waals surface area contributed by atoms with Gasteiger partial charge in [0.25, 0.3) is 0 Å². The molecule has 11 nitrogen and oxygen atoms in total. The molecule has 37 heavy (non-hydrogen) atoms. The summed E-state index contributed by atoms with van der Waals surface area (Å²) in [4.78, 5) is 36.1. The van der Waals surface area contributed by atoms with Gasteiger partial charge >= 0.3 is 12.6 Å². The Bertz CT molecular complexity index is 1320. The first kappa shape index (κ1) is 26.1. The number of nitrogens with two attached hydrogens (primary N) is 1. The molecule has 200 valence electrons. The van der Waals surface area contributed by atoms with Crippen molar-refractivity contribution in [2.75, 3.05) is 31.2 Å². The molecule has 0 amide bonds. The number of aromatic carboxylic acids is 1. The number of halogens is 3. The van der Waals surface area contributed by atoms with E-state index in [-0.39, 0.29) is 54.8 Å². The van der Waals surface area contributed by atoms with Crippen LogP contribution in [0.3, 0.4) is 0 Å². The summed E-state index contributed by atoms with van der Waals surface area (Å²) < 4.78 is 49.1. The molecular formula is C23H26F3N5O6. The molecule has 14 heteroatoms. The van der Waals surface area contributed by atoms with Crippen LogP contribution >= 0.6 is 0 Å². The SMILES string of the molecule is CCO/N=C1\CN(c2c(F)cc3c(=O)c(C(=O)O)cn(C4CC4)c3c2OC(F)F)CC1/C(N)=N\OCC. The summed E-state index contributed by atoms with van der Waals surface area (Å²) in [5.41, 5.74) is 4.36. The number of carboxylic acids is 1. The highest BCUT2D eigenvalue weighted by atomic mass is 19.3. The largest absolute Gasteiger partial charge is 0.477 e. The highest BCUT2D eigenvalue weighted by Gasteiger charge is 2.38. The second-order valence-corrected chi connectivity index (χ2v) is 8.49. The third-order valence-electron chi connectivity index (χ3n) is 6.02. The average molecular weight is 525 g/mol. The highest BCUT2D eigenvalue weighted by Crippen LogP contribution is 2.45. The molecule has 0 bridgehead atoms. The van der Waals surface area contributed by atoms with E-state index in [1.807, 2.05) is 0 Å². The Kier molecular flexibility index (Phi) is 7.45. The zero-order valence-electron chi connectivity index (χ0n) is 20.1. The van der Waals surface area contributed by atoms with E-state index in [2.05, 4.69) is 10.3 Å². The van der Waals surface area contributed by atoms with Crippen LogP contribution in [0.2, 0.25) is 0 Å². The number of alkyl halides is 2. The van der Waals surface area contributed by atoms with E-state index in [9.17, 15) is 23.5 Å². The van der Waals surface area contributed by atoms with Gasteiger partial charge in [-0.1, -0.05) is 10.3 Å². The van der Waals surface area contributed by atoms with Crippen molar-refractivity contribution in [3.8, 4) is 5.75 Å². The molecule has 3 N–H and O–H groups in total. The second kappa shape index (κ2) is 10.6. The Balaban J connectivity index is 1.93. The lowest BCUT2D eigenvalue weighted by Crippen LogP contribution is -2.31. The summed E-state index contributed by atoms with van der Waals surface area (Å²) >= 11 is 0. The van der Waals surface area contributed by atoms with Crippen molar-refractivity contribution < 1.29 is 37.5 Å². The number of rotatable bonds is 10. The molecule has 1 aromatic carbocycles. The minimum atomic E-state index is -3.36. The van der Waals surface area contributed by atoms with Gasteiger partial charge in [0.2, 0.25) is 5.43 Å². The lowest BCUT2D eigenvalue weighted by Gasteiger charge is -2.25. The third kappa shape index (κ3) is 5.13. The number of amidine groups is 1. The van der Waals surface area contributed by atoms with Crippen LogP contribution in [0.1, 0.15) is 43.1 Å². The van der Waals surface area contributed by atoms with Crippen LogP contribution in [0.25, 0.3) is 10.9 Å². The van der Waals surface area contributed by atoms with Crippen LogP contribution in [0.5, 0.6) is 5.75 Å². The molecule has 1 aromatic heterocycles. The molecule has 2 aliphatic rings. The molecule has 1 saturated heterocycles. The number of nitrogens with zero attached hydrogens (tertiary/aromatic N) is 4. The predicted molar refractivity (Wildman–Crippen MR) is 128 cm³/mol. The maximum Gasteiger partial charge on any atom is 0.387 e. The van der Waals surface area contributed by atoms with Crippen LogP contribution in [0.4, 0.5) is 18.9 Å². The lowest BCUT2D eigenvalue weighted by atomic mass is 10.1. The van der Waals surface area contributed by atoms with E-state index in [0.717, 1.165) is 12.3 Å². The first-order valence-corrected chi connectivity index (χ1v) is 11.7. The summed E-state index contributed by atoms with van der Waals surface area (Å²) in [5, 5.41) is 17.0. The molecule has 1 atom stereocenters. The van der Waals surface area contributed by atoms with Gasteiger partial charge in [-0.2, -0.15) is 8.78 Å². The number of oxime groups is 2. The normalized spacial score (nSPS) is 19.2. The lowest BCUT2D eigenvalue weighted by molar-refractivity contribution is -0.0488. The van der Waals surface area contributed by atoms with Gasteiger partial charge in [0.15, 0.2) is 11.6 Å². The number of benzene rings is 1. The van der Waals surface area contributed by atoms with Crippen molar-refractivity contribution in [3.63, 3.8) is 0 Å². The summed E-state index contributed by atoms with van der Waals surface area (Å²) in [6.45, 7) is 0.447. The monoisotopic (exact) mass is 525 g/mol. The van der Waals surface area contributed by atoms with Crippen LogP contribution in [0, 0.1) is 11.7 Å². The van der Waals surface area contributed by atoms with Gasteiger partial charge in [-0.15, -0.1) is 0 Å². The Morgan fingerprint density at radius 3 is 2.57 bits per heavy atom. The number of ether oxygens (including phenoxy) is 1. The quantitative estimate of drug-likeness (QED) is 0.274. The maximum absolute atomic E-state index is 15.6. The Hall–Kier alpha value is -3.97. The summed E-state index contributed by atoms with van der Waals surface area (Å²) in [6, 6.07) is 0.593.